The second-order valence-corrected chi connectivity index (χ2v) is 6.48. The standard InChI is InChI=1S/C15H22BrNO3/c1-10(2)8-15(3,19)9-17-14(18)11-5-6-13(20-4)12(16)7-11/h5-7,10,19H,8-9H2,1-4H3,(H,17,18). The molecule has 0 aliphatic rings. The minimum atomic E-state index is -0.895. The smallest absolute Gasteiger partial charge is 0.251 e. The number of carbonyl (C=O) groups is 1. The molecule has 0 fully saturated rings. The summed E-state index contributed by atoms with van der Waals surface area (Å²) in [4.78, 5) is 12.0. The number of hydrogen-bond acceptors (Lipinski definition) is 3. The molecule has 1 amide bonds. The molecular formula is C15H22BrNO3. The van der Waals surface area contributed by atoms with E-state index in [1.165, 1.54) is 0 Å². The minimum Gasteiger partial charge on any atom is -0.496 e. The number of halogens is 1. The third-order valence-electron chi connectivity index (χ3n) is 2.89. The van der Waals surface area contributed by atoms with Gasteiger partial charge in [0.15, 0.2) is 0 Å². The van der Waals surface area contributed by atoms with E-state index in [0.717, 1.165) is 4.47 Å². The van der Waals surface area contributed by atoms with Crippen LogP contribution in [0.4, 0.5) is 0 Å². The average molecular weight is 344 g/mol. The Labute approximate surface area is 128 Å². The first-order valence-electron chi connectivity index (χ1n) is 6.59. The van der Waals surface area contributed by atoms with Crippen LogP contribution in [0.2, 0.25) is 0 Å². The van der Waals surface area contributed by atoms with Crippen molar-refractivity contribution in [3.63, 3.8) is 0 Å². The van der Waals surface area contributed by atoms with Crippen molar-refractivity contribution >= 4 is 21.8 Å². The molecule has 0 saturated heterocycles. The summed E-state index contributed by atoms with van der Waals surface area (Å²) in [5.41, 5.74) is -0.369. The maximum atomic E-state index is 12.0. The lowest BCUT2D eigenvalue weighted by molar-refractivity contribution is 0.0368. The van der Waals surface area contributed by atoms with Gasteiger partial charge < -0.3 is 15.2 Å². The van der Waals surface area contributed by atoms with Gasteiger partial charge in [0, 0.05) is 12.1 Å². The third kappa shape index (κ3) is 5.13. The van der Waals surface area contributed by atoms with Crippen LogP contribution in [0, 0.1) is 5.92 Å². The highest BCUT2D eigenvalue weighted by molar-refractivity contribution is 9.10. The van der Waals surface area contributed by atoms with Gasteiger partial charge in [0.2, 0.25) is 0 Å². The van der Waals surface area contributed by atoms with E-state index in [1.807, 2.05) is 13.8 Å². The average Bonchev–Trinajstić information content (AvgIpc) is 2.34. The fraction of sp³-hybridized carbons (Fsp3) is 0.533. The number of ether oxygens (including phenoxy) is 1. The summed E-state index contributed by atoms with van der Waals surface area (Å²) >= 11 is 3.34. The number of nitrogens with one attached hydrogen (secondary N) is 1. The van der Waals surface area contributed by atoms with E-state index < -0.39 is 5.60 Å². The summed E-state index contributed by atoms with van der Waals surface area (Å²) < 4.78 is 5.84. The van der Waals surface area contributed by atoms with Crippen LogP contribution >= 0.6 is 15.9 Å². The van der Waals surface area contributed by atoms with Gasteiger partial charge in [-0.25, -0.2) is 0 Å². The van der Waals surface area contributed by atoms with Crippen molar-refractivity contribution in [2.24, 2.45) is 5.92 Å². The highest BCUT2D eigenvalue weighted by Crippen LogP contribution is 2.25. The van der Waals surface area contributed by atoms with E-state index in [0.29, 0.717) is 23.7 Å². The van der Waals surface area contributed by atoms with Crippen molar-refractivity contribution in [1.29, 1.82) is 0 Å². The van der Waals surface area contributed by atoms with Crippen LogP contribution < -0.4 is 10.1 Å². The van der Waals surface area contributed by atoms with Crippen LogP contribution in [0.5, 0.6) is 5.75 Å². The van der Waals surface area contributed by atoms with Crippen molar-refractivity contribution in [3.8, 4) is 5.75 Å². The SMILES string of the molecule is COc1ccc(C(=O)NCC(C)(O)CC(C)C)cc1Br. The molecule has 1 aromatic carbocycles. The largest absolute Gasteiger partial charge is 0.496 e. The van der Waals surface area contributed by atoms with Gasteiger partial charge >= 0.3 is 0 Å². The summed E-state index contributed by atoms with van der Waals surface area (Å²) in [6.45, 7) is 6.04. The molecule has 112 valence electrons. The molecule has 0 heterocycles. The lowest BCUT2D eigenvalue weighted by atomic mass is 9.94. The number of methoxy groups -OCH3 is 1. The Balaban J connectivity index is 2.65. The highest BCUT2D eigenvalue weighted by atomic mass is 79.9. The Kier molecular flexibility index (Phi) is 6.02. The quantitative estimate of drug-likeness (QED) is 0.834. The van der Waals surface area contributed by atoms with E-state index >= 15 is 0 Å². The zero-order chi connectivity index (χ0) is 15.3. The molecule has 0 bridgehead atoms. The van der Waals surface area contributed by atoms with Crippen LogP contribution in [0.15, 0.2) is 22.7 Å². The summed E-state index contributed by atoms with van der Waals surface area (Å²) in [5, 5.41) is 12.9. The van der Waals surface area contributed by atoms with Gasteiger partial charge in [0.05, 0.1) is 17.2 Å². The van der Waals surface area contributed by atoms with Crippen molar-refractivity contribution < 1.29 is 14.6 Å². The zero-order valence-corrected chi connectivity index (χ0v) is 14.0. The Hall–Kier alpha value is -1.07. The first kappa shape index (κ1) is 17.0. The maximum Gasteiger partial charge on any atom is 0.251 e. The minimum absolute atomic E-state index is 0.211. The highest BCUT2D eigenvalue weighted by Gasteiger charge is 2.22. The van der Waals surface area contributed by atoms with Gasteiger partial charge in [-0.15, -0.1) is 0 Å². The Morgan fingerprint density at radius 1 is 1.50 bits per heavy atom. The van der Waals surface area contributed by atoms with Gasteiger partial charge in [0.25, 0.3) is 5.91 Å². The molecular weight excluding hydrogens is 322 g/mol. The van der Waals surface area contributed by atoms with Crippen molar-refractivity contribution in [2.45, 2.75) is 32.8 Å². The molecule has 5 heteroatoms. The van der Waals surface area contributed by atoms with Crippen molar-refractivity contribution in [1.82, 2.24) is 5.32 Å². The number of benzene rings is 1. The predicted molar refractivity (Wildman–Crippen MR) is 83.1 cm³/mol. The van der Waals surface area contributed by atoms with Crippen LogP contribution in [0.1, 0.15) is 37.6 Å². The molecule has 2 N–H and O–H groups in total. The molecule has 1 atom stereocenters. The zero-order valence-electron chi connectivity index (χ0n) is 12.4. The Morgan fingerprint density at radius 3 is 2.65 bits per heavy atom. The second kappa shape index (κ2) is 7.09. The number of aliphatic hydroxyl groups is 1. The number of hydrogen-bond donors (Lipinski definition) is 2. The van der Waals surface area contributed by atoms with Crippen LogP contribution in [0.25, 0.3) is 0 Å². The van der Waals surface area contributed by atoms with Crippen LogP contribution in [0.3, 0.4) is 0 Å². The van der Waals surface area contributed by atoms with Gasteiger partial charge in [-0.1, -0.05) is 13.8 Å². The molecule has 0 radical (unpaired) electrons. The van der Waals surface area contributed by atoms with Crippen molar-refractivity contribution in [3.05, 3.63) is 28.2 Å². The van der Waals surface area contributed by atoms with Gasteiger partial charge in [-0.3, -0.25) is 4.79 Å². The normalized spacial score (nSPS) is 13.9. The first-order valence-corrected chi connectivity index (χ1v) is 7.38. The van der Waals surface area contributed by atoms with E-state index in [2.05, 4.69) is 21.2 Å². The predicted octanol–water partition coefficient (Wildman–Crippen LogP) is 2.98. The van der Waals surface area contributed by atoms with Crippen molar-refractivity contribution in [2.75, 3.05) is 13.7 Å². The molecule has 1 rings (SSSR count). The molecule has 4 nitrogen and oxygen atoms in total. The van der Waals surface area contributed by atoms with Gasteiger partial charge in [0.1, 0.15) is 5.75 Å². The number of carbonyl (C=O) groups excluding carboxylic acids is 1. The third-order valence-corrected chi connectivity index (χ3v) is 3.51. The second-order valence-electron chi connectivity index (χ2n) is 5.63. The lowest BCUT2D eigenvalue weighted by Crippen LogP contribution is -2.41. The van der Waals surface area contributed by atoms with E-state index in [9.17, 15) is 9.90 Å². The molecule has 0 aliphatic carbocycles. The molecule has 1 aromatic rings. The molecule has 20 heavy (non-hydrogen) atoms. The fourth-order valence-electron chi connectivity index (χ4n) is 2.13. The molecule has 1 unspecified atom stereocenters. The molecule has 0 aromatic heterocycles. The summed E-state index contributed by atoms with van der Waals surface area (Å²) in [5.74, 6) is 0.836. The van der Waals surface area contributed by atoms with Crippen LogP contribution in [-0.4, -0.2) is 30.3 Å². The molecule has 0 aliphatic heterocycles. The summed E-state index contributed by atoms with van der Waals surface area (Å²) in [7, 11) is 1.57. The fourth-order valence-corrected chi connectivity index (χ4v) is 2.67. The first-order chi connectivity index (χ1) is 9.25. The van der Waals surface area contributed by atoms with Gasteiger partial charge in [-0.2, -0.15) is 0 Å². The number of rotatable bonds is 6. The van der Waals surface area contributed by atoms with Gasteiger partial charge in [-0.05, 0) is 53.4 Å². The van der Waals surface area contributed by atoms with E-state index in [1.54, 1.807) is 32.2 Å². The van der Waals surface area contributed by atoms with Crippen LogP contribution in [-0.2, 0) is 0 Å². The summed E-state index contributed by atoms with van der Waals surface area (Å²) in [6, 6.07) is 5.12. The monoisotopic (exact) mass is 343 g/mol. The Morgan fingerprint density at radius 2 is 2.15 bits per heavy atom. The molecule has 0 spiro atoms. The van der Waals surface area contributed by atoms with E-state index in [4.69, 9.17) is 4.74 Å². The lowest BCUT2D eigenvalue weighted by Gasteiger charge is -2.25. The van der Waals surface area contributed by atoms with E-state index in [-0.39, 0.29) is 12.5 Å². The topological polar surface area (TPSA) is 58.6 Å². The molecule has 0 saturated carbocycles. The summed E-state index contributed by atoms with van der Waals surface area (Å²) in [6.07, 6.45) is 0.638. The Bertz CT molecular complexity index is 472. The number of amides is 1. The maximum absolute atomic E-state index is 12.0.